The number of quaternary nitrogens is 1. The summed E-state index contributed by atoms with van der Waals surface area (Å²) in [6.45, 7) is 6.55. The minimum absolute atomic E-state index is 0.0125. The van der Waals surface area contributed by atoms with E-state index in [1.807, 2.05) is 38.2 Å². The lowest BCUT2D eigenvalue weighted by Gasteiger charge is -2.16. The second kappa shape index (κ2) is 11.3. The molecule has 0 saturated heterocycles. The zero-order valence-electron chi connectivity index (χ0n) is 16.5. The number of allylic oxidation sites excluding steroid dienone is 7. The van der Waals surface area contributed by atoms with Gasteiger partial charge in [-0.2, -0.15) is 0 Å². The van der Waals surface area contributed by atoms with Crippen LogP contribution in [0.5, 0.6) is 0 Å². The summed E-state index contributed by atoms with van der Waals surface area (Å²) >= 11 is 0. The van der Waals surface area contributed by atoms with Crippen LogP contribution in [0.15, 0.2) is 60.5 Å². The summed E-state index contributed by atoms with van der Waals surface area (Å²) in [5, 5.41) is 2.75. The highest BCUT2D eigenvalue weighted by atomic mass is 16.2. The maximum atomic E-state index is 11.9. The van der Waals surface area contributed by atoms with E-state index in [9.17, 15) is 9.59 Å². The fourth-order valence-corrected chi connectivity index (χ4v) is 2.62. The summed E-state index contributed by atoms with van der Waals surface area (Å²) in [4.78, 5) is 27.0. The van der Waals surface area contributed by atoms with Gasteiger partial charge >= 0.3 is 0 Å². The SMILES string of the molecule is CC(=O)C(CC(C)C)NC(=O)C=CC=CC=CC=CC1=C[NH+](C)CN1C. The summed E-state index contributed by atoms with van der Waals surface area (Å²) in [6.07, 6.45) is 17.5. The molecule has 0 aromatic rings. The molecule has 1 amide bonds. The highest BCUT2D eigenvalue weighted by molar-refractivity contribution is 5.92. The number of rotatable bonds is 9. The minimum atomic E-state index is -0.412. The first-order valence-electron chi connectivity index (χ1n) is 9.04. The molecule has 0 bridgehead atoms. The van der Waals surface area contributed by atoms with Gasteiger partial charge in [-0.3, -0.25) is 14.5 Å². The summed E-state index contributed by atoms with van der Waals surface area (Å²) in [7, 11) is 4.20. The minimum Gasteiger partial charge on any atom is -0.343 e. The number of amides is 1. The molecule has 2 N–H and O–H groups in total. The Morgan fingerprint density at radius 2 is 1.81 bits per heavy atom. The summed E-state index contributed by atoms with van der Waals surface area (Å²) in [5.41, 5.74) is 1.20. The van der Waals surface area contributed by atoms with E-state index in [4.69, 9.17) is 0 Å². The van der Waals surface area contributed by atoms with E-state index < -0.39 is 6.04 Å². The molecule has 2 unspecified atom stereocenters. The highest BCUT2D eigenvalue weighted by Crippen LogP contribution is 2.05. The predicted octanol–water partition coefficient (Wildman–Crippen LogP) is 1.59. The van der Waals surface area contributed by atoms with Crippen LogP contribution in [0.1, 0.15) is 27.2 Å². The molecule has 0 aliphatic carbocycles. The third-order valence-corrected chi connectivity index (χ3v) is 3.91. The second-order valence-electron chi connectivity index (χ2n) is 7.06. The van der Waals surface area contributed by atoms with E-state index in [0.29, 0.717) is 12.3 Å². The molecular formula is C21H32N3O2+. The lowest BCUT2D eigenvalue weighted by Crippen LogP contribution is -3.03. The molecule has 0 spiro atoms. The van der Waals surface area contributed by atoms with Crippen molar-refractivity contribution in [2.75, 3.05) is 20.8 Å². The Kier molecular flexibility index (Phi) is 9.37. The van der Waals surface area contributed by atoms with Gasteiger partial charge in [-0.25, -0.2) is 0 Å². The molecule has 5 heteroatoms. The maximum Gasteiger partial charge on any atom is 0.244 e. The number of hydrogen-bond donors (Lipinski definition) is 2. The van der Waals surface area contributed by atoms with Crippen LogP contribution in [-0.2, 0) is 9.59 Å². The predicted molar refractivity (Wildman–Crippen MR) is 106 cm³/mol. The first-order chi connectivity index (χ1) is 12.3. The third kappa shape index (κ3) is 8.62. The Balaban J connectivity index is 2.39. The van der Waals surface area contributed by atoms with Crippen molar-refractivity contribution in [3.8, 4) is 0 Å². The van der Waals surface area contributed by atoms with Crippen LogP contribution >= 0.6 is 0 Å². The molecular weight excluding hydrogens is 326 g/mol. The van der Waals surface area contributed by atoms with Crippen molar-refractivity contribution in [1.82, 2.24) is 10.2 Å². The van der Waals surface area contributed by atoms with Crippen molar-refractivity contribution in [2.45, 2.75) is 33.2 Å². The van der Waals surface area contributed by atoms with Crippen LogP contribution in [0, 0.1) is 5.92 Å². The molecule has 0 radical (unpaired) electrons. The Labute approximate surface area is 157 Å². The molecule has 26 heavy (non-hydrogen) atoms. The Morgan fingerprint density at radius 1 is 1.19 bits per heavy atom. The van der Waals surface area contributed by atoms with Crippen molar-refractivity contribution >= 4 is 11.7 Å². The number of nitrogens with one attached hydrogen (secondary N) is 2. The lowest BCUT2D eigenvalue weighted by atomic mass is 10.0. The van der Waals surface area contributed by atoms with Gasteiger partial charge in [0.15, 0.2) is 12.5 Å². The molecule has 2 atom stereocenters. The first-order valence-corrected chi connectivity index (χ1v) is 9.04. The number of nitrogens with zero attached hydrogens (tertiary/aromatic N) is 1. The lowest BCUT2D eigenvalue weighted by molar-refractivity contribution is -0.826. The number of ketones is 1. The number of likely N-dealkylation sites (N-methyl/N-ethyl adjacent to an activating group) is 1. The van der Waals surface area contributed by atoms with Crippen molar-refractivity contribution in [3.63, 3.8) is 0 Å². The fourth-order valence-electron chi connectivity index (χ4n) is 2.62. The number of carbonyl (C=O) groups is 2. The average molecular weight is 359 g/mol. The molecule has 1 rings (SSSR count). The normalized spacial score (nSPS) is 19.4. The monoisotopic (exact) mass is 358 g/mol. The average Bonchev–Trinajstić information content (AvgIpc) is 2.86. The first kappa shape index (κ1) is 21.6. The van der Waals surface area contributed by atoms with Crippen LogP contribution in [0.4, 0.5) is 0 Å². The van der Waals surface area contributed by atoms with E-state index in [1.54, 1.807) is 12.2 Å². The molecule has 5 nitrogen and oxygen atoms in total. The van der Waals surface area contributed by atoms with Crippen LogP contribution in [0.2, 0.25) is 0 Å². The molecule has 0 aromatic heterocycles. The van der Waals surface area contributed by atoms with E-state index in [-0.39, 0.29) is 11.7 Å². The zero-order chi connectivity index (χ0) is 19.5. The van der Waals surface area contributed by atoms with Gasteiger partial charge in [-0.05, 0) is 25.3 Å². The standard InChI is InChI=1S/C21H31N3O2/c1-17(2)14-20(18(3)25)22-21(26)13-11-9-7-6-8-10-12-19-15-23(4)16-24(19)5/h6-13,15,17,20H,14,16H2,1-5H3,(H,22,26)/p+1. The highest BCUT2D eigenvalue weighted by Gasteiger charge is 2.17. The molecule has 1 heterocycles. The molecule has 0 aromatic carbocycles. The van der Waals surface area contributed by atoms with Gasteiger partial charge < -0.3 is 10.2 Å². The quantitative estimate of drug-likeness (QED) is 0.486. The van der Waals surface area contributed by atoms with E-state index in [2.05, 4.69) is 36.6 Å². The van der Waals surface area contributed by atoms with Crippen LogP contribution in [0.25, 0.3) is 0 Å². The van der Waals surface area contributed by atoms with Gasteiger partial charge in [0.05, 0.1) is 18.8 Å². The molecule has 1 aliphatic heterocycles. The van der Waals surface area contributed by atoms with E-state index in [1.165, 1.54) is 23.6 Å². The van der Waals surface area contributed by atoms with Gasteiger partial charge in [-0.1, -0.05) is 50.3 Å². The number of hydrogen-bond acceptors (Lipinski definition) is 3. The largest absolute Gasteiger partial charge is 0.343 e. The number of carbonyl (C=O) groups excluding carboxylic acids is 2. The smallest absolute Gasteiger partial charge is 0.244 e. The van der Waals surface area contributed by atoms with Gasteiger partial charge in [0, 0.05) is 13.1 Å². The van der Waals surface area contributed by atoms with Crippen LogP contribution in [-0.4, -0.2) is 43.4 Å². The van der Waals surface area contributed by atoms with Crippen molar-refractivity contribution < 1.29 is 14.5 Å². The molecule has 0 fully saturated rings. The van der Waals surface area contributed by atoms with Crippen LogP contribution in [0.3, 0.4) is 0 Å². The van der Waals surface area contributed by atoms with E-state index in [0.717, 1.165) is 6.67 Å². The topological polar surface area (TPSA) is 53.9 Å². The second-order valence-corrected chi connectivity index (χ2v) is 7.06. The van der Waals surface area contributed by atoms with Crippen LogP contribution < -0.4 is 10.2 Å². The zero-order valence-corrected chi connectivity index (χ0v) is 16.5. The van der Waals surface area contributed by atoms with Gasteiger partial charge in [0.1, 0.15) is 6.20 Å². The number of Topliss-reactive ketones (excluding diaryl/α,β-unsaturated/α-hetero) is 1. The van der Waals surface area contributed by atoms with Crippen molar-refractivity contribution in [1.29, 1.82) is 0 Å². The summed E-state index contributed by atoms with van der Waals surface area (Å²) in [5.74, 6) is 0.0941. The molecule has 0 saturated carbocycles. The van der Waals surface area contributed by atoms with E-state index >= 15 is 0 Å². The van der Waals surface area contributed by atoms with Gasteiger partial charge in [-0.15, -0.1) is 0 Å². The van der Waals surface area contributed by atoms with Crippen molar-refractivity contribution in [3.05, 3.63) is 60.5 Å². The summed E-state index contributed by atoms with van der Waals surface area (Å²) < 4.78 is 0. The molecule has 142 valence electrons. The maximum absolute atomic E-state index is 11.9. The van der Waals surface area contributed by atoms with Gasteiger partial charge in [0.2, 0.25) is 5.91 Å². The van der Waals surface area contributed by atoms with Gasteiger partial charge in [0.25, 0.3) is 0 Å². The Bertz CT molecular complexity index is 627. The third-order valence-electron chi connectivity index (χ3n) is 3.91. The fraction of sp³-hybridized carbons (Fsp3) is 0.429. The molecule has 1 aliphatic rings. The summed E-state index contributed by atoms with van der Waals surface area (Å²) in [6, 6.07) is -0.412. The van der Waals surface area contributed by atoms with Crippen molar-refractivity contribution in [2.24, 2.45) is 5.92 Å². The Hall–Kier alpha value is -2.40. The Morgan fingerprint density at radius 3 is 2.35 bits per heavy atom.